The van der Waals surface area contributed by atoms with E-state index in [1.54, 1.807) is 11.3 Å². The first-order chi connectivity index (χ1) is 13.7. The second kappa shape index (κ2) is 12.3. The van der Waals surface area contributed by atoms with E-state index in [1.165, 1.54) is 36.1 Å². The first-order valence-electron chi connectivity index (χ1n) is 10.3. The molecule has 2 aromatic rings. The van der Waals surface area contributed by atoms with Gasteiger partial charge in [-0.15, -0.1) is 35.3 Å². The predicted octanol–water partition coefficient (Wildman–Crippen LogP) is 4.41. The fourth-order valence-corrected chi connectivity index (χ4v) is 4.32. The fourth-order valence-electron chi connectivity index (χ4n) is 3.45. The number of nitrogens with zero attached hydrogens (tertiary/aromatic N) is 4. The quantitative estimate of drug-likeness (QED) is 0.331. The van der Waals surface area contributed by atoms with Crippen LogP contribution in [-0.4, -0.2) is 35.6 Å². The third-order valence-electron chi connectivity index (χ3n) is 4.92. The van der Waals surface area contributed by atoms with Crippen LogP contribution in [0.25, 0.3) is 0 Å². The van der Waals surface area contributed by atoms with Crippen LogP contribution < -0.4 is 15.5 Å². The topological polar surface area (TPSA) is 65.4 Å². The third-order valence-corrected chi connectivity index (χ3v) is 5.99. The second-order valence-corrected chi connectivity index (χ2v) is 8.50. The van der Waals surface area contributed by atoms with Crippen LogP contribution in [0.4, 0.5) is 5.82 Å². The van der Waals surface area contributed by atoms with Crippen molar-refractivity contribution in [2.75, 3.05) is 24.5 Å². The van der Waals surface area contributed by atoms with Crippen LogP contribution in [0.5, 0.6) is 0 Å². The maximum atomic E-state index is 4.77. The summed E-state index contributed by atoms with van der Waals surface area (Å²) in [5.74, 6) is 1.92. The van der Waals surface area contributed by atoms with Crippen molar-refractivity contribution in [2.45, 2.75) is 59.5 Å². The van der Waals surface area contributed by atoms with E-state index >= 15 is 0 Å². The summed E-state index contributed by atoms with van der Waals surface area (Å²) >= 11 is 1.74. The van der Waals surface area contributed by atoms with Gasteiger partial charge in [-0.25, -0.2) is 15.0 Å². The van der Waals surface area contributed by atoms with Crippen LogP contribution in [0.1, 0.15) is 53.7 Å². The molecule has 0 bridgehead atoms. The molecule has 0 radical (unpaired) electrons. The van der Waals surface area contributed by atoms with Gasteiger partial charge in [0.1, 0.15) is 5.82 Å². The molecule has 160 valence electrons. The molecule has 1 aliphatic heterocycles. The van der Waals surface area contributed by atoms with Gasteiger partial charge in [0.2, 0.25) is 0 Å². The number of anilines is 1. The maximum Gasteiger partial charge on any atom is 0.191 e. The molecule has 0 aromatic carbocycles. The summed E-state index contributed by atoms with van der Waals surface area (Å²) in [4.78, 5) is 17.5. The van der Waals surface area contributed by atoms with Gasteiger partial charge in [0.15, 0.2) is 5.96 Å². The van der Waals surface area contributed by atoms with Gasteiger partial charge in [0.25, 0.3) is 0 Å². The SMILES string of the molecule is CCNC(=NCc1ccnc(N2CCCCCC2)c1)NCc1sc(C)nc1C.I. The molecule has 0 amide bonds. The Morgan fingerprint density at radius 2 is 1.93 bits per heavy atom. The van der Waals surface area contributed by atoms with Crippen LogP contribution >= 0.6 is 35.3 Å². The highest BCUT2D eigenvalue weighted by Crippen LogP contribution is 2.19. The highest BCUT2D eigenvalue weighted by atomic mass is 127. The summed E-state index contributed by atoms with van der Waals surface area (Å²) in [6, 6.07) is 4.25. The third kappa shape index (κ3) is 7.40. The summed E-state index contributed by atoms with van der Waals surface area (Å²) in [6.07, 6.45) is 7.09. The molecule has 1 aliphatic rings. The zero-order valence-corrected chi connectivity index (χ0v) is 20.8. The van der Waals surface area contributed by atoms with E-state index in [0.717, 1.165) is 48.7 Å². The summed E-state index contributed by atoms with van der Waals surface area (Å²) in [7, 11) is 0. The van der Waals surface area contributed by atoms with Crippen LogP contribution in [-0.2, 0) is 13.1 Å². The lowest BCUT2D eigenvalue weighted by Gasteiger charge is -2.21. The van der Waals surface area contributed by atoms with Gasteiger partial charge >= 0.3 is 0 Å². The van der Waals surface area contributed by atoms with Crippen molar-refractivity contribution >= 4 is 47.1 Å². The molecule has 3 rings (SSSR count). The van der Waals surface area contributed by atoms with Crippen molar-refractivity contribution in [1.29, 1.82) is 0 Å². The van der Waals surface area contributed by atoms with Gasteiger partial charge < -0.3 is 15.5 Å². The summed E-state index contributed by atoms with van der Waals surface area (Å²) < 4.78 is 0. The Hall–Kier alpha value is -1.42. The molecule has 8 heteroatoms. The molecule has 1 saturated heterocycles. The molecule has 2 aromatic heterocycles. The molecular weight excluding hydrogens is 495 g/mol. The van der Waals surface area contributed by atoms with E-state index in [-0.39, 0.29) is 24.0 Å². The zero-order chi connectivity index (χ0) is 19.8. The molecule has 2 N–H and O–H groups in total. The minimum Gasteiger partial charge on any atom is -0.357 e. The lowest BCUT2D eigenvalue weighted by Crippen LogP contribution is -2.36. The minimum atomic E-state index is 0. The van der Waals surface area contributed by atoms with Crippen LogP contribution in [0.2, 0.25) is 0 Å². The lowest BCUT2D eigenvalue weighted by molar-refractivity contribution is 0.726. The molecule has 0 aliphatic carbocycles. The monoisotopic (exact) mass is 528 g/mol. The normalized spacial score (nSPS) is 14.9. The van der Waals surface area contributed by atoms with E-state index in [0.29, 0.717) is 6.54 Å². The number of rotatable bonds is 6. The van der Waals surface area contributed by atoms with Crippen molar-refractivity contribution in [1.82, 2.24) is 20.6 Å². The van der Waals surface area contributed by atoms with Crippen LogP contribution in [0.3, 0.4) is 0 Å². The molecule has 6 nitrogen and oxygen atoms in total. The smallest absolute Gasteiger partial charge is 0.191 e. The predicted molar refractivity (Wildman–Crippen MR) is 134 cm³/mol. The second-order valence-electron chi connectivity index (χ2n) is 7.21. The number of aliphatic imine (C=N–C) groups is 1. The number of guanidine groups is 1. The van der Waals surface area contributed by atoms with E-state index in [9.17, 15) is 0 Å². The number of thiazole rings is 1. The first-order valence-corrected chi connectivity index (χ1v) is 11.1. The van der Waals surface area contributed by atoms with Gasteiger partial charge in [0.05, 0.1) is 23.8 Å². The number of aromatic nitrogens is 2. The Bertz CT molecular complexity index is 783. The Morgan fingerprint density at radius 3 is 2.59 bits per heavy atom. The molecular formula is C21H33IN6S. The lowest BCUT2D eigenvalue weighted by atomic mass is 10.2. The van der Waals surface area contributed by atoms with E-state index in [4.69, 9.17) is 4.99 Å². The van der Waals surface area contributed by atoms with E-state index < -0.39 is 0 Å². The van der Waals surface area contributed by atoms with Gasteiger partial charge in [-0.2, -0.15) is 0 Å². The standard InChI is InChI=1S/C21H32N6S.HI/c1-4-22-21(25-15-19-16(2)26-17(3)28-19)24-14-18-9-10-23-20(13-18)27-11-7-5-6-8-12-27;/h9-10,13H,4-8,11-12,14-15H2,1-3H3,(H2,22,24,25);1H. The van der Waals surface area contributed by atoms with E-state index in [2.05, 4.69) is 51.5 Å². The first kappa shape index (κ1) is 23.9. The molecule has 29 heavy (non-hydrogen) atoms. The maximum absolute atomic E-state index is 4.77. The van der Waals surface area contributed by atoms with Gasteiger partial charge in [-0.1, -0.05) is 12.8 Å². The largest absolute Gasteiger partial charge is 0.357 e. The number of pyridine rings is 1. The van der Waals surface area contributed by atoms with Gasteiger partial charge in [-0.3, -0.25) is 0 Å². The highest BCUT2D eigenvalue weighted by molar-refractivity contribution is 14.0. The Morgan fingerprint density at radius 1 is 1.17 bits per heavy atom. The minimum absolute atomic E-state index is 0. The number of hydrogen-bond donors (Lipinski definition) is 2. The van der Waals surface area contributed by atoms with Gasteiger partial charge in [-0.05, 0) is 51.3 Å². The fraction of sp³-hybridized carbons (Fsp3) is 0.571. The van der Waals surface area contributed by atoms with Crippen LogP contribution in [0, 0.1) is 13.8 Å². The zero-order valence-electron chi connectivity index (χ0n) is 17.7. The molecule has 0 unspecified atom stereocenters. The summed E-state index contributed by atoms with van der Waals surface area (Å²) in [6.45, 7) is 10.6. The summed E-state index contributed by atoms with van der Waals surface area (Å²) in [5.41, 5.74) is 2.29. The molecule has 0 atom stereocenters. The van der Waals surface area contributed by atoms with E-state index in [1.807, 2.05) is 13.1 Å². The highest BCUT2D eigenvalue weighted by Gasteiger charge is 2.11. The molecule has 1 fully saturated rings. The average molecular weight is 529 g/mol. The van der Waals surface area contributed by atoms with Crippen molar-refractivity contribution in [3.63, 3.8) is 0 Å². The average Bonchev–Trinajstić information content (AvgIpc) is 2.89. The van der Waals surface area contributed by atoms with Crippen LogP contribution in [0.15, 0.2) is 23.3 Å². The Balaban J connectivity index is 0.00000300. The number of aryl methyl sites for hydroxylation is 2. The van der Waals surface area contributed by atoms with Crippen molar-refractivity contribution in [3.8, 4) is 0 Å². The Labute approximate surface area is 195 Å². The summed E-state index contributed by atoms with van der Waals surface area (Å²) in [5, 5.41) is 7.87. The molecule has 0 spiro atoms. The number of nitrogens with one attached hydrogen (secondary N) is 2. The number of halogens is 1. The number of hydrogen-bond acceptors (Lipinski definition) is 5. The Kier molecular flexibility index (Phi) is 10.1. The van der Waals surface area contributed by atoms with Crippen molar-refractivity contribution in [3.05, 3.63) is 39.5 Å². The van der Waals surface area contributed by atoms with Crippen molar-refractivity contribution < 1.29 is 0 Å². The molecule has 0 saturated carbocycles. The van der Waals surface area contributed by atoms with Gasteiger partial charge in [0, 0.05) is 30.7 Å². The molecule has 3 heterocycles. The van der Waals surface area contributed by atoms with Crippen molar-refractivity contribution in [2.24, 2.45) is 4.99 Å².